The predicted octanol–water partition coefficient (Wildman–Crippen LogP) is 3.62. The molecule has 1 aromatic carbocycles. The maximum Gasteiger partial charge on any atom is 0.265 e. The highest BCUT2D eigenvalue weighted by molar-refractivity contribution is 6.12. The first kappa shape index (κ1) is 18.9. The third-order valence-electron chi connectivity index (χ3n) is 5.22. The molecule has 3 aromatic rings. The van der Waals surface area contributed by atoms with Crippen molar-refractivity contribution in [1.29, 1.82) is 0 Å². The Hall–Kier alpha value is -3.42. The third kappa shape index (κ3) is 3.65. The van der Waals surface area contributed by atoms with E-state index in [1.54, 1.807) is 35.8 Å². The minimum Gasteiger partial charge on any atom is -0.442 e. The van der Waals surface area contributed by atoms with E-state index < -0.39 is 5.91 Å². The Balaban J connectivity index is 1.66. The largest absolute Gasteiger partial charge is 0.442 e. The second kappa shape index (κ2) is 7.54. The number of benzene rings is 1. The van der Waals surface area contributed by atoms with Crippen LogP contribution in [0, 0.1) is 6.92 Å². The summed E-state index contributed by atoms with van der Waals surface area (Å²) in [5.74, 6) is -0.258. The standard InChI is InChI=1S/C21H22N4O4/c1-12-17(19(27)24-15-9-7-14(8-10-15)23-13(2)26)18-20(29-12)22-11-25(21(18)28)16-5-3-4-6-16/h7-11,16H,3-6H2,1-2H3,(H,23,26)(H,24,27). The highest BCUT2D eigenvalue weighted by Crippen LogP contribution is 2.29. The van der Waals surface area contributed by atoms with Gasteiger partial charge in [0, 0.05) is 24.3 Å². The van der Waals surface area contributed by atoms with Crippen LogP contribution in [0.4, 0.5) is 11.4 Å². The van der Waals surface area contributed by atoms with Crippen molar-refractivity contribution in [2.75, 3.05) is 10.6 Å². The molecular weight excluding hydrogens is 372 g/mol. The van der Waals surface area contributed by atoms with Crippen LogP contribution in [0.2, 0.25) is 0 Å². The lowest BCUT2D eigenvalue weighted by Gasteiger charge is -2.12. The molecule has 2 N–H and O–H groups in total. The van der Waals surface area contributed by atoms with Gasteiger partial charge >= 0.3 is 0 Å². The lowest BCUT2D eigenvalue weighted by atomic mass is 10.1. The fraction of sp³-hybridized carbons (Fsp3) is 0.333. The van der Waals surface area contributed by atoms with Crippen molar-refractivity contribution in [3.05, 3.63) is 52.3 Å². The van der Waals surface area contributed by atoms with Crippen LogP contribution < -0.4 is 16.2 Å². The minimum absolute atomic E-state index is 0.117. The van der Waals surface area contributed by atoms with Crippen molar-refractivity contribution in [2.45, 2.75) is 45.6 Å². The molecular formula is C21H22N4O4. The molecule has 0 aliphatic heterocycles. The molecule has 2 aromatic heterocycles. The topological polar surface area (TPSA) is 106 Å². The van der Waals surface area contributed by atoms with E-state index in [1.807, 2.05) is 0 Å². The van der Waals surface area contributed by atoms with Crippen molar-refractivity contribution in [1.82, 2.24) is 9.55 Å². The van der Waals surface area contributed by atoms with Gasteiger partial charge in [-0.25, -0.2) is 4.98 Å². The first-order valence-electron chi connectivity index (χ1n) is 9.63. The zero-order valence-electron chi connectivity index (χ0n) is 16.3. The van der Waals surface area contributed by atoms with Gasteiger partial charge in [-0.3, -0.25) is 19.0 Å². The van der Waals surface area contributed by atoms with Gasteiger partial charge in [0.2, 0.25) is 11.6 Å². The Morgan fingerprint density at radius 1 is 1.10 bits per heavy atom. The van der Waals surface area contributed by atoms with E-state index in [1.165, 1.54) is 13.3 Å². The van der Waals surface area contributed by atoms with Gasteiger partial charge < -0.3 is 15.1 Å². The van der Waals surface area contributed by atoms with E-state index in [2.05, 4.69) is 15.6 Å². The number of amides is 2. The maximum atomic E-state index is 13.1. The first-order valence-corrected chi connectivity index (χ1v) is 9.63. The van der Waals surface area contributed by atoms with Crippen molar-refractivity contribution >= 4 is 34.3 Å². The molecule has 0 bridgehead atoms. The molecule has 2 heterocycles. The fourth-order valence-electron chi connectivity index (χ4n) is 3.87. The monoisotopic (exact) mass is 394 g/mol. The highest BCUT2D eigenvalue weighted by atomic mass is 16.3. The van der Waals surface area contributed by atoms with Crippen molar-refractivity contribution < 1.29 is 14.0 Å². The van der Waals surface area contributed by atoms with Gasteiger partial charge in [-0.2, -0.15) is 0 Å². The molecule has 0 radical (unpaired) electrons. The average Bonchev–Trinajstić information content (AvgIpc) is 3.31. The number of furan rings is 1. The Morgan fingerprint density at radius 2 is 1.72 bits per heavy atom. The summed E-state index contributed by atoms with van der Waals surface area (Å²) in [7, 11) is 0. The number of carbonyl (C=O) groups excluding carboxylic acids is 2. The number of nitrogens with one attached hydrogen (secondary N) is 2. The van der Waals surface area contributed by atoms with Gasteiger partial charge in [0.1, 0.15) is 17.5 Å². The van der Waals surface area contributed by atoms with E-state index in [4.69, 9.17) is 4.42 Å². The van der Waals surface area contributed by atoms with Gasteiger partial charge in [-0.15, -0.1) is 0 Å². The third-order valence-corrected chi connectivity index (χ3v) is 5.22. The smallest absolute Gasteiger partial charge is 0.265 e. The van der Waals surface area contributed by atoms with E-state index in [9.17, 15) is 14.4 Å². The molecule has 8 nitrogen and oxygen atoms in total. The zero-order chi connectivity index (χ0) is 20.5. The number of anilines is 2. The summed E-state index contributed by atoms with van der Waals surface area (Å²) in [4.78, 5) is 41.4. The number of rotatable bonds is 4. The van der Waals surface area contributed by atoms with Crippen LogP contribution >= 0.6 is 0 Å². The molecule has 1 fully saturated rings. The lowest BCUT2D eigenvalue weighted by Crippen LogP contribution is -2.25. The van der Waals surface area contributed by atoms with Gasteiger partial charge in [0.25, 0.3) is 11.5 Å². The Morgan fingerprint density at radius 3 is 2.34 bits per heavy atom. The molecule has 1 aliphatic carbocycles. The van der Waals surface area contributed by atoms with Gasteiger partial charge in [-0.05, 0) is 44.0 Å². The normalized spacial score (nSPS) is 14.3. The van der Waals surface area contributed by atoms with Crippen molar-refractivity contribution in [3.8, 4) is 0 Å². The van der Waals surface area contributed by atoms with Gasteiger partial charge in [0.15, 0.2) is 0 Å². The minimum atomic E-state index is -0.434. The van der Waals surface area contributed by atoms with Crippen LogP contribution in [-0.2, 0) is 4.79 Å². The first-order chi connectivity index (χ1) is 13.9. The molecule has 0 atom stereocenters. The predicted molar refractivity (Wildman–Crippen MR) is 109 cm³/mol. The van der Waals surface area contributed by atoms with Gasteiger partial charge in [-0.1, -0.05) is 12.8 Å². The zero-order valence-corrected chi connectivity index (χ0v) is 16.3. The molecule has 0 spiro atoms. The second-order valence-electron chi connectivity index (χ2n) is 7.32. The number of fused-ring (bicyclic) bond motifs is 1. The van der Waals surface area contributed by atoms with Crippen LogP contribution in [0.25, 0.3) is 11.1 Å². The van der Waals surface area contributed by atoms with Crippen LogP contribution in [0.3, 0.4) is 0 Å². The molecule has 0 unspecified atom stereocenters. The van der Waals surface area contributed by atoms with E-state index >= 15 is 0 Å². The van der Waals surface area contributed by atoms with Crippen LogP contribution in [-0.4, -0.2) is 21.4 Å². The average molecular weight is 394 g/mol. The Labute approximate surface area is 166 Å². The molecule has 1 aliphatic rings. The van der Waals surface area contributed by atoms with E-state index in [0.717, 1.165) is 25.7 Å². The highest BCUT2D eigenvalue weighted by Gasteiger charge is 2.26. The summed E-state index contributed by atoms with van der Waals surface area (Å²) >= 11 is 0. The van der Waals surface area contributed by atoms with Crippen LogP contribution in [0.1, 0.15) is 54.8 Å². The quantitative estimate of drug-likeness (QED) is 0.703. The Kier molecular flexibility index (Phi) is 4.92. The SMILES string of the molecule is CC(=O)Nc1ccc(NC(=O)c2c(C)oc3ncn(C4CCCC4)c(=O)c23)cc1. The molecule has 0 saturated heterocycles. The molecule has 4 rings (SSSR count). The summed E-state index contributed by atoms with van der Waals surface area (Å²) in [6.45, 7) is 3.07. The number of aromatic nitrogens is 2. The Bertz CT molecular complexity index is 1140. The molecule has 1 saturated carbocycles. The summed E-state index contributed by atoms with van der Waals surface area (Å²) < 4.78 is 7.21. The van der Waals surface area contributed by atoms with Crippen LogP contribution in [0.15, 0.2) is 39.8 Å². The number of hydrogen-bond acceptors (Lipinski definition) is 5. The van der Waals surface area contributed by atoms with E-state index in [-0.39, 0.29) is 34.2 Å². The number of aryl methyl sites for hydroxylation is 1. The van der Waals surface area contributed by atoms with Crippen molar-refractivity contribution in [3.63, 3.8) is 0 Å². The molecule has 150 valence electrons. The summed E-state index contributed by atoms with van der Waals surface area (Å²) in [6, 6.07) is 6.84. The number of carbonyl (C=O) groups is 2. The summed E-state index contributed by atoms with van der Waals surface area (Å²) in [5.41, 5.74) is 1.30. The maximum absolute atomic E-state index is 13.1. The lowest BCUT2D eigenvalue weighted by molar-refractivity contribution is -0.114. The summed E-state index contributed by atoms with van der Waals surface area (Å²) in [5, 5.41) is 5.67. The summed E-state index contributed by atoms with van der Waals surface area (Å²) in [6.07, 6.45) is 5.56. The molecule has 29 heavy (non-hydrogen) atoms. The molecule has 8 heteroatoms. The van der Waals surface area contributed by atoms with Crippen LogP contribution in [0.5, 0.6) is 0 Å². The van der Waals surface area contributed by atoms with E-state index in [0.29, 0.717) is 17.1 Å². The fourth-order valence-corrected chi connectivity index (χ4v) is 3.87. The number of hydrogen-bond donors (Lipinski definition) is 2. The second-order valence-corrected chi connectivity index (χ2v) is 7.32. The van der Waals surface area contributed by atoms with Gasteiger partial charge in [0.05, 0.1) is 5.56 Å². The number of nitrogens with zero attached hydrogens (tertiary/aromatic N) is 2. The van der Waals surface area contributed by atoms with Crippen molar-refractivity contribution in [2.24, 2.45) is 0 Å². The molecule has 2 amide bonds.